The molecular weight excluding hydrogens is 200 g/mol. The average Bonchev–Trinajstić information content (AvgIpc) is 2.33. The van der Waals surface area contributed by atoms with Crippen LogP contribution < -0.4 is 10.2 Å². The molecular formula is C13H14N2O. The molecule has 0 unspecified atom stereocenters. The highest BCUT2D eigenvalue weighted by Crippen LogP contribution is 2.07. The second kappa shape index (κ2) is 5.16. The van der Waals surface area contributed by atoms with E-state index in [-0.39, 0.29) is 0 Å². The fourth-order valence-electron chi connectivity index (χ4n) is 1.45. The SMILES string of the molecule is N=c1ccccn1CCOc1ccccc1. The lowest BCUT2D eigenvalue weighted by Crippen LogP contribution is -2.21. The molecule has 0 atom stereocenters. The highest BCUT2D eigenvalue weighted by atomic mass is 16.5. The minimum atomic E-state index is 0.499. The van der Waals surface area contributed by atoms with Gasteiger partial charge in [0.25, 0.3) is 0 Å². The summed E-state index contributed by atoms with van der Waals surface area (Å²) in [5.74, 6) is 0.866. The maximum atomic E-state index is 7.66. The molecule has 0 aliphatic carbocycles. The van der Waals surface area contributed by atoms with E-state index in [1.54, 1.807) is 6.07 Å². The maximum Gasteiger partial charge on any atom is 0.124 e. The summed E-state index contributed by atoms with van der Waals surface area (Å²) >= 11 is 0. The number of nitrogens with one attached hydrogen (secondary N) is 1. The summed E-state index contributed by atoms with van der Waals surface area (Å²) in [6.45, 7) is 1.26. The molecule has 1 aromatic carbocycles. The molecule has 0 aliphatic heterocycles. The molecule has 82 valence electrons. The number of benzene rings is 1. The van der Waals surface area contributed by atoms with Crippen molar-refractivity contribution < 1.29 is 4.74 Å². The van der Waals surface area contributed by atoms with Crippen molar-refractivity contribution in [3.8, 4) is 5.75 Å². The molecule has 0 spiro atoms. The van der Waals surface area contributed by atoms with Gasteiger partial charge in [-0.1, -0.05) is 24.3 Å². The van der Waals surface area contributed by atoms with Crippen molar-refractivity contribution in [2.75, 3.05) is 6.61 Å². The molecule has 0 radical (unpaired) electrons. The zero-order chi connectivity index (χ0) is 11.2. The number of rotatable bonds is 4. The second-order valence-electron chi connectivity index (χ2n) is 3.44. The van der Waals surface area contributed by atoms with Gasteiger partial charge in [-0.3, -0.25) is 5.41 Å². The van der Waals surface area contributed by atoms with Crippen molar-refractivity contribution in [1.82, 2.24) is 4.57 Å². The summed E-state index contributed by atoms with van der Waals surface area (Å²) in [4.78, 5) is 0. The van der Waals surface area contributed by atoms with E-state index < -0.39 is 0 Å². The molecule has 0 saturated heterocycles. The van der Waals surface area contributed by atoms with Gasteiger partial charge in [0.1, 0.15) is 17.8 Å². The molecule has 1 heterocycles. The van der Waals surface area contributed by atoms with Gasteiger partial charge >= 0.3 is 0 Å². The monoisotopic (exact) mass is 214 g/mol. The summed E-state index contributed by atoms with van der Waals surface area (Å²) in [6, 6.07) is 15.2. The molecule has 0 aliphatic rings. The van der Waals surface area contributed by atoms with Gasteiger partial charge in [0.15, 0.2) is 0 Å². The first-order valence-electron chi connectivity index (χ1n) is 5.24. The van der Waals surface area contributed by atoms with Crippen LogP contribution >= 0.6 is 0 Å². The smallest absolute Gasteiger partial charge is 0.124 e. The van der Waals surface area contributed by atoms with Crippen LogP contribution in [0.3, 0.4) is 0 Å². The van der Waals surface area contributed by atoms with E-state index in [0.29, 0.717) is 18.6 Å². The van der Waals surface area contributed by atoms with Crippen molar-refractivity contribution >= 4 is 0 Å². The third-order valence-electron chi connectivity index (χ3n) is 2.28. The minimum absolute atomic E-state index is 0.499. The molecule has 3 nitrogen and oxygen atoms in total. The van der Waals surface area contributed by atoms with Crippen molar-refractivity contribution in [2.24, 2.45) is 0 Å². The standard InChI is InChI=1S/C13H14N2O/c14-13-8-4-5-9-15(13)10-11-16-12-6-2-1-3-7-12/h1-9,14H,10-11H2. The number of hydrogen-bond acceptors (Lipinski definition) is 2. The molecule has 2 aromatic rings. The Morgan fingerprint density at radius 2 is 1.75 bits per heavy atom. The largest absolute Gasteiger partial charge is 0.492 e. The molecule has 0 fully saturated rings. The topological polar surface area (TPSA) is 38.0 Å². The van der Waals surface area contributed by atoms with Gasteiger partial charge in [0.2, 0.25) is 0 Å². The van der Waals surface area contributed by atoms with Crippen LogP contribution in [0.2, 0.25) is 0 Å². The normalized spacial score (nSPS) is 10.0. The number of para-hydroxylation sites is 1. The Bertz CT molecular complexity index is 491. The van der Waals surface area contributed by atoms with Crippen LogP contribution in [0, 0.1) is 5.41 Å². The van der Waals surface area contributed by atoms with Gasteiger partial charge in [0.05, 0.1) is 6.54 Å². The Morgan fingerprint density at radius 3 is 2.50 bits per heavy atom. The van der Waals surface area contributed by atoms with E-state index in [4.69, 9.17) is 10.1 Å². The van der Waals surface area contributed by atoms with Crippen LogP contribution in [-0.4, -0.2) is 11.2 Å². The first-order chi connectivity index (χ1) is 7.86. The highest BCUT2D eigenvalue weighted by Gasteiger charge is 1.93. The van der Waals surface area contributed by atoms with Gasteiger partial charge < -0.3 is 9.30 Å². The molecule has 16 heavy (non-hydrogen) atoms. The van der Waals surface area contributed by atoms with Crippen LogP contribution in [0.1, 0.15) is 0 Å². The first kappa shape index (κ1) is 10.5. The van der Waals surface area contributed by atoms with Crippen molar-refractivity contribution in [3.63, 3.8) is 0 Å². The van der Waals surface area contributed by atoms with Crippen LogP contribution in [0.4, 0.5) is 0 Å². The van der Waals surface area contributed by atoms with Gasteiger partial charge in [-0.15, -0.1) is 0 Å². The summed E-state index contributed by atoms with van der Waals surface area (Å²) in [5.41, 5.74) is 0.499. The molecule has 1 N–H and O–H groups in total. The minimum Gasteiger partial charge on any atom is -0.492 e. The number of pyridine rings is 1. The zero-order valence-electron chi connectivity index (χ0n) is 8.97. The Kier molecular flexibility index (Phi) is 3.38. The fourth-order valence-corrected chi connectivity index (χ4v) is 1.45. The maximum absolute atomic E-state index is 7.66. The molecule has 3 heteroatoms. The lowest BCUT2D eigenvalue weighted by Gasteiger charge is -2.08. The van der Waals surface area contributed by atoms with Crippen LogP contribution in [0.25, 0.3) is 0 Å². The van der Waals surface area contributed by atoms with E-state index in [0.717, 1.165) is 5.75 Å². The zero-order valence-corrected chi connectivity index (χ0v) is 8.97. The van der Waals surface area contributed by atoms with Crippen molar-refractivity contribution in [3.05, 3.63) is 60.2 Å². The van der Waals surface area contributed by atoms with E-state index in [9.17, 15) is 0 Å². The van der Waals surface area contributed by atoms with Crippen LogP contribution in [0.15, 0.2) is 54.7 Å². The third-order valence-corrected chi connectivity index (χ3v) is 2.28. The fraction of sp³-hybridized carbons (Fsp3) is 0.154. The molecule has 0 amide bonds. The second-order valence-corrected chi connectivity index (χ2v) is 3.44. The average molecular weight is 214 g/mol. The van der Waals surface area contributed by atoms with Crippen molar-refractivity contribution in [2.45, 2.75) is 6.54 Å². The summed E-state index contributed by atoms with van der Waals surface area (Å²) in [5, 5.41) is 7.66. The van der Waals surface area contributed by atoms with Crippen molar-refractivity contribution in [1.29, 1.82) is 5.41 Å². The van der Waals surface area contributed by atoms with Gasteiger partial charge in [-0.05, 0) is 24.3 Å². The third kappa shape index (κ3) is 2.73. The lowest BCUT2D eigenvalue weighted by atomic mass is 10.3. The first-order valence-corrected chi connectivity index (χ1v) is 5.24. The van der Waals surface area contributed by atoms with E-state index >= 15 is 0 Å². The van der Waals surface area contributed by atoms with Gasteiger partial charge in [-0.2, -0.15) is 0 Å². The van der Waals surface area contributed by atoms with E-state index in [1.807, 2.05) is 53.2 Å². The summed E-state index contributed by atoms with van der Waals surface area (Å²) in [7, 11) is 0. The molecule has 0 saturated carbocycles. The Morgan fingerprint density at radius 1 is 1.00 bits per heavy atom. The molecule has 0 bridgehead atoms. The van der Waals surface area contributed by atoms with E-state index in [2.05, 4.69) is 0 Å². The van der Waals surface area contributed by atoms with Gasteiger partial charge in [0, 0.05) is 6.20 Å². The Labute approximate surface area is 94.4 Å². The quantitative estimate of drug-likeness (QED) is 0.831. The van der Waals surface area contributed by atoms with Gasteiger partial charge in [-0.25, -0.2) is 0 Å². The molecule has 2 rings (SSSR count). The summed E-state index contributed by atoms with van der Waals surface area (Å²) < 4.78 is 7.41. The predicted octanol–water partition coefficient (Wildman–Crippen LogP) is 2.05. The molecule has 1 aromatic heterocycles. The van der Waals surface area contributed by atoms with Crippen LogP contribution in [0.5, 0.6) is 5.75 Å². The number of hydrogen-bond donors (Lipinski definition) is 1. The Balaban J connectivity index is 1.90. The van der Waals surface area contributed by atoms with Crippen LogP contribution in [-0.2, 0) is 6.54 Å². The van der Waals surface area contributed by atoms with E-state index in [1.165, 1.54) is 0 Å². The number of ether oxygens (including phenoxy) is 1. The lowest BCUT2D eigenvalue weighted by molar-refractivity contribution is 0.295. The number of nitrogens with zero attached hydrogens (tertiary/aromatic N) is 1. The predicted molar refractivity (Wildman–Crippen MR) is 62.2 cm³/mol. The Hall–Kier alpha value is -2.03. The number of aromatic nitrogens is 1. The highest BCUT2D eigenvalue weighted by molar-refractivity contribution is 5.20. The summed E-state index contributed by atoms with van der Waals surface area (Å²) in [6.07, 6.45) is 1.89.